The Morgan fingerprint density at radius 2 is 1.78 bits per heavy atom. The topological polar surface area (TPSA) is 27.7 Å². The van der Waals surface area contributed by atoms with Crippen LogP contribution in [0.4, 0.5) is 0 Å². The summed E-state index contributed by atoms with van der Waals surface area (Å²) in [6.45, 7) is 1.36. The van der Waals surface area contributed by atoms with Crippen LogP contribution in [-0.2, 0) is 11.3 Å². The van der Waals surface area contributed by atoms with Gasteiger partial charge in [-0.05, 0) is 30.2 Å². The lowest BCUT2D eigenvalue weighted by molar-refractivity contribution is 0.119. The van der Waals surface area contributed by atoms with Gasteiger partial charge in [0.25, 0.3) is 0 Å². The molecular formula is C20H22O3. The summed E-state index contributed by atoms with van der Waals surface area (Å²) >= 11 is 0. The van der Waals surface area contributed by atoms with Gasteiger partial charge in [0.2, 0.25) is 0 Å². The van der Waals surface area contributed by atoms with E-state index in [4.69, 9.17) is 14.2 Å². The molecule has 0 aliphatic rings. The Balaban J connectivity index is 1.75. The van der Waals surface area contributed by atoms with Gasteiger partial charge in [0.15, 0.2) is 0 Å². The molecule has 2 rings (SSSR count). The van der Waals surface area contributed by atoms with Gasteiger partial charge in [-0.25, -0.2) is 0 Å². The van der Waals surface area contributed by atoms with E-state index in [-0.39, 0.29) is 0 Å². The predicted octanol–water partition coefficient (Wildman–Crippen LogP) is 4.05. The molecule has 0 bridgehead atoms. The number of hydrogen-bond acceptors (Lipinski definition) is 3. The van der Waals surface area contributed by atoms with Crippen molar-refractivity contribution in [1.29, 1.82) is 0 Å². The first-order valence-electron chi connectivity index (χ1n) is 7.66. The largest absolute Gasteiger partial charge is 0.497 e. The highest BCUT2D eigenvalue weighted by atomic mass is 16.5. The molecule has 0 aliphatic heterocycles. The van der Waals surface area contributed by atoms with E-state index in [0.717, 1.165) is 29.9 Å². The quantitative estimate of drug-likeness (QED) is 0.570. The molecule has 0 radical (unpaired) electrons. The van der Waals surface area contributed by atoms with Gasteiger partial charge < -0.3 is 14.2 Å². The third kappa shape index (κ3) is 5.69. The highest BCUT2D eigenvalue weighted by molar-refractivity contribution is 5.50. The first-order chi connectivity index (χ1) is 11.3. The molecule has 0 N–H and O–H groups in total. The number of ether oxygens (including phenoxy) is 3. The fourth-order valence-corrected chi connectivity index (χ4v) is 2.10. The Morgan fingerprint density at radius 1 is 0.957 bits per heavy atom. The van der Waals surface area contributed by atoms with Crippen LogP contribution in [0.3, 0.4) is 0 Å². The zero-order valence-electron chi connectivity index (χ0n) is 13.7. The second-order valence-electron chi connectivity index (χ2n) is 5.01. The minimum Gasteiger partial charge on any atom is -0.497 e. The first kappa shape index (κ1) is 16.9. The minimum absolute atomic E-state index is 0.651. The lowest BCUT2D eigenvalue weighted by Gasteiger charge is -2.05. The van der Waals surface area contributed by atoms with Crippen molar-refractivity contribution >= 4 is 0 Å². The van der Waals surface area contributed by atoms with E-state index in [1.807, 2.05) is 36.4 Å². The van der Waals surface area contributed by atoms with Gasteiger partial charge >= 0.3 is 0 Å². The summed E-state index contributed by atoms with van der Waals surface area (Å²) in [7, 11) is 3.29. The summed E-state index contributed by atoms with van der Waals surface area (Å²) in [5.41, 5.74) is 2.04. The summed E-state index contributed by atoms with van der Waals surface area (Å²) in [5.74, 6) is 7.84. The Kier molecular flexibility index (Phi) is 7.03. The van der Waals surface area contributed by atoms with Gasteiger partial charge in [-0.1, -0.05) is 42.2 Å². The fourth-order valence-electron chi connectivity index (χ4n) is 2.10. The molecule has 0 atom stereocenters. The van der Waals surface area contributed by atoms with Crippen molar-refractivity contribution in [2.45, 2.75) is 19.4 Å². The van der Waals surface area contributed by atoms with Crippen molar-refractivity contribution in [3.8, 4) is 23.3 Å². The van der Waals surface area contributed by atoms with Gasteiger partial charge in [-0.3, -0.25) is 0 Å². The van der Waals surface area contributed by atoms with Crippen molar-refractivity contribution < 1.29 is 14.2 Å². The molecule has 120 valence electrons. The van der Waals surface area contributed by atoms with Crippen molar-refractivity contribution in [2.24, 2.45) is 0 Å². The van der Waals surface area contributed by atoms with Crippen molar-refractivity contribution in [1.82, 2.24) is 0 Å². The van der Waals surface area contributed by atoms with E-state index in [0.29, 0.717) is 13.2 Å². The third-order valence-electron chi connectivity index (χ3n) is 3.33. The van der Waals surface area contributed by atoms with Crippen molar-refractivity contribution in [3.63, 3.8) is 0 Å². The summed E-state index contributed by atoms with van der Waals surface area (Å²) in [6, 6.07) is 15.8. The van der Waals surface area contributed by atoms with Crippen molar-refractivity contribution in [2.75, 3.05) is 20.8 Å². The standard InChI is InChI=1S/C20H22O3/c1-21-19-12-13-20(22-2)18(15-19)11-7-4-8-14-23-16-17-9-5-3-6-10-17/h3,5-6,9-10,12-13,15H,4,8,14,16H2,1-2H3. The highest BCUT2D eigenvalue weighted by Gasteiger charge is 2.01. The normalized spacial score (nSPS) is 9.83. The molecule has 23 heavy (non-hydrogen) atoms. The Hall–Kier alpha value is -2.44. The third-order valence-corrected chi connectivity index (χ3v) is 3.33. The molecule has 2 aromatic rings. The molecule has 0 unspecified atom stereocenters. The zero-order valence-corrected chi connectivity index (χ0v) is 13.7. The maximum Gasteiger partial charge on any atom is 0.134 e. The van der Waals surface area contributed by atoms with Crippen LogP contribution in [0.2, 0.25) is 0 Å². The first-order valence-corrected chi connectivity index (χ1v) is 7.66. The van der Waals surface area contributed by atoms with E-state index < -0.39 is 0 Å². The van der Waals surface area contributed by atoms with Gasteiger partial charge in [-0.15, -0.1) is 0 Å². The Labute approximate surface area is 138 Å². The molecule has 0 saturated heterocycles. The number of rotatable bonds is 7. The second kappa shape index (κ2) is 9.55. The molecule has 3 heteroatoms. The molecule has 0 aliphatic carbocycles. The van der Waals surface area contributed by atoms with E-state index >= 15 is 0 Å². The number of hydrogen-bond donors (Lipinski definition) is 0. The van der Waals surface area contributed by atoms with Gasteiger partial charge in [0.1, 0.15) is 11.5 Å². The molecule has 3 nitrogen and oxygen atoms in total. The van der Waals surface area contributed by atoms with Crippen LogP contribution in [0.1, 0.15) is 24.0 Å². The van der Waals surface area contributed by atoms with Gasteiger partial charge in [0.05, 0.1) is 26.4 Å². The number of benzene rings is 2. The molecule has 0 heterocycles. The van der Waals surface area contributed by atoms with Crippen LogP contribution < -0.4 is 9.47 Å². The number of methoxy groups -OCH3 is 2. The molecule has 0 amide bonds. The minimum atomic E-state index is 0.651. The SMILES string of the molecule is COc1ccc(OC)c(C#CCCCOCc2ccccc2)c1. The summed E-state index contributed by atoms with van der Waals surface area (Å²) in [6.07, 6.45) is 1.70. The molecule has 0 saturated carbocycles. The molecule has 2 aromatic carbocycles. The van der Waals surface area contributed by atoms with Crippen LogP contribution in [0.15, 0.2) is 48.5 Å². The fraction of sp³-hybridized carbons (Fsp3) is 0.300. The average Bonchev–Trinajstić information content (AvgIpc) is 2.61. The summed E-state index contributed by atoms with van der Waals surface area (Å²) in [4.78, 5) is 0. The molecule has 0 spiro atoms. The van der Waals surface area contributed by atoms with Gasteiger partial charge in [-0.2, -0.15) is 0 Å². The lowest BCUT2D eigenvalue weighted by Crippen LogP contribution is -1.94. The molecule has 0 fully saturated rings. The van der Waals surface area contributed by atoms with Crippen LogP contribution in [0, 0.1) is 11.8 Å². The van der Waals surface area contributed by atoms with E-state index in [9.17, 15) is 0 Å². The zero-order chi connectivity index (χ0) is 16.3. The van der Waals surface area contributed by atoms with E-state index in [1.165, 1.54) is 5.56 Å². The van der Waals surface area contributed by atoms with Crippen molar-refractivity contribution in [3.05, 3.63) is 59.7 Å². The predicted molar refractivity (Wildman–Crippen MR) is 91.8 cm³/mol. The van der Waals surface area contributed by atoms with E-state index in [2.05, 4.69) is 24.0 Å². The second-order valence-corrected chi connectivity index (χ2v) is 5.01. The maximum atomic E-state index is 5.64. The lowest BCUT2D eigenvalue weighted by atomic mass is 10.2. The molecule has 0 aromatic heterocycles. The van der Waals surface area contributed by atoms with Crippen LogP contribution in [0.25, 0.3) is 0 Å². The van der Waals surface area contributed by atoms with Crippen LogP contribution >= 0.6 is 0 Å². The maximum absolute atomic E-state index is 5.64. The summed E-state index contributed by atoms with van der Waals surface area (Å²) in [5, 5.41) is 0. The summed E-state index contributed by atoms with van der Waals surface area (Å²) < 4.78 is 16.2. The Morgan fingerprint density at radius 3 is 2.52 bits per heavy atom. The smallest absolute Gasteiger partial charge is 0.134 e. The monoisotopic (exact) mass is 310 g/mol. The Bertz CT molecular complexity index is 654. The molecular weight excluding hydrogens is 288 g/mol. The van der Waals surface area contributed by atoms with E-state index in [1.54, 1.807) is 14.2 Å². The average molecular weight is 310 g/mol. The van der Waals surface area contributed by atoms with Gasteiger partial charge in [0, 0.05) is 13.0 Å². The number of unbranched alkanes of at least 4 members (excludes halogenated alkanes) is 1. The highest BCUT2D eigenvalue weighted by Crippen LogP contribution is 2.22. The van der Waals surface area contributed by atoms with Crippen LogP contribution in [-0.4, -0.2) is 20.8 Å². The van der Waals surface area contributed by atoms with Crippen LogP contribution in [0.5, 0.6) is 11.5 Å².